The molecule has 1 aromatic heterocycles. The van der Waals surface area contributed by atoms with Gasteiger partial charge in [-0.15, -0.1) is 0 Å². The molecule has 5 heteroatoms. The number of aryl methyl sites for hydroxylation is 2. The van der Waals surface area contributed by atoms with E-state index in [9.17, 15) is 4.79 Å². The first kappa shape index (κ1) is 14.7. The van der Waals surface area contributed by atoms with Gasteiger partial charge in [0.15, 0.2) is 0 Å². The second-order valence-corrected chi connectivity index (χ2v) is 4.41. The molecule has 1 rings (SSSR count). The van der Waals surface area contributed by atoms with Crippen LogP contribution in [0.15, 0.2) is 4.52 Å². The Hall–Kier alpha value is -1.36. The molecule has 1 N–H and O–H groups in total. The van der Waals surface area contributed by atoms with E-state index >= 15 is 0 Å². The van der Waals surface area contributed by atoms with E-state index in [-0.39, 0.29) is 11.9 Å². The molecule has 1 unspecified atom stereocenters. The number of hydrogen-bond acceptors (Lipinski definition) is 4. The molecule has 102 valence electrons. The summed E-state index contributed by atoms with van der Waals surface area (Å²) in [6, 6.07) is 0.0655. The van der Waals surface area contributed by atoms with E-state index in [1.165, 1.54) is 0 Å². The lowest BCUT2D eigenvalue weighted by molar-refractivity contribution is -0.129. The Bertz CT molecular complexity index is 377. The van der Waals surface area contributed by atoms with E-state index in [1.807, 2.05) is 39.5 Å². The highest BCUT2D eigenvalue weighted by molar-refractivity contribution is 5.78. The van der Waals surface area contributed by atoms with Crippen molar-refractivity contribution in [2.75, 3.05) is 19.6 Å². The molecule has 1 amide bonds. The summed E-state index contributed by atoms with van der Waals surface area (Å²) in [5.74, 6) is 0.932. The van der Waals surface area contributed by atoms with Gasteiger partial charge in [0.05, 0.1) is 12.2 Å². The highest BCUT2D eigenvalue weighted by Gasteiger charge is 2.17. The number of hydrogen-bond donors (Lipinski definition) is 1. The first-order valence-corrected chi connectivity index (χ1v) is 6.45. The molecule has 0 spiro atoms. The average molecular weight is 253 g/mol. The molecule has 1 aromatic rings. The zero-order valence-electron chi connectivity index (χ0n) is 11.9. The van der Waals surface area contributed by atoms with Crippen molar-refractivity contribution >= 4 is 5.91 Å². The van der Waals surface area contributed by atoms with E-state index in [0.29, 0.717) is 6.54 Å². The van der Waals surface area contributed by atoms with E-state index < -0.39 is 0 Å². The van der Waals surface area contributed by atoms with Gasteiger partial charge >= 0.3 is 0 Å². The van der Waals surface area contributed by atoms with Crippen LogP contribution in [0.5, 0.6) is 0 Å². The summed E-state index contributed by atoms with van der Waals surface area (Å²) in [6.07, 6.45) is 0. The molecule has 1 atom stereocenters. The normalized spacial score (nSPS) is 12.5. The molecule has 0 bridgehead atoms. The van der Waals surface area contributed by atoms with Gasteiger partial charge in [0.2, 0.25) is 5.91 Å². The Morgan fingerprint density at radius 2 is 2.00 bits per heavy atom. The first-order valence-electron chi connectivity index (χ1n) is 6.45. The van der Waals surface area contributed by atoms with Crippen LogP contribution in [0.2, 0.25) is 0 Å². The maximum Gasteiger partial charge on any atom is 0.236 e. The van der Waals surface area contributed by atoms with Gasteiger partial charge in [-0.25, -0.2) is 0 Å². The third-order valence-electron chi connectivity index (χ3n) is 3.20. The maximum atomic E-state index is 11.9. The number of likely N-dealkylation sites (N-methyl/N-ethyl adjacent to an activating group) is 1. The molecular weight excluding hydrogens is 230 g/mol. The van der Waals surface area contributed by atoms with Crippen LogP contribution >= 0.6 is 0 Å². The van der Waals surface area contributed by atoms with Gasteiger partial charge < -0.3 is 14.7 Å². The zero-order chi connectivity index (χ0) is 13.7. The fraction of sp³-hybridized carbons (Fsp3) is 0.692. The number of carbonyl (C=O) groups is 1. The number of nitrogens with one attached hydrogen (secondary N) is 1. The number of aromatic nitrogens is 1. The maximum absolute atomic E-state index is 11.9. The Morgan fingerprint density at radius 1 is 1.39 bits per heavy atom. The van der Waals surface area contributed by atoms with Gasteiger partial charge in [-0.2, -0.15) is 0 Å². The molecule has 0 aliphatic carbocycles. The highest BCUT2D eigenvalue weighted by atomic mass is 16.5. The van der Waals surface area contributed by atoms with Crippen LogP contribution in [-0.2, 0) is 4.79 Å². The Kier molecular flexibility index (Phi) is 5.34. The molecule has 5 nitrogen and oxygen atoms in total. The second kappa shape index (κ2) is 6.54. The molecule has 18 heavy (non-hydrogen) atoms. The van der Waals surface area contributed by atoms with Crippen molar-refractivity contribution in [2.24, 2.45) is 0 Å². The van der Waals surface area contributed by atoms with E-state index in [2.05, 4.69) is 10.5 Å². The van der Waals surface area contributed by atoms with Crippen LogP contribution in [0.25, 0.3) is 0 Å². The summed E-state index contributed by atoms with van der Waals surface area (Å²) in [5.41, 5.74) is 1.92. The molecule has 0 aliphatic heterocycles. The lowest BCUT2D eigenvalue weighted by atomic mass is 10.1. The number of carbonyl (C=O) groups excluding carboxylic acids is 1. The van der Waals surface area contributed by atoms with Crippen molar-refractivity contribution in [3.8, 4) is 0 Å². The average Bonchev–Trinajstić information content (AvgIpc) is 2.67. The van der Waals surface area contributed by atoms with E-state index in [4.69, 9.17) is 4.52 Å². The zero-order valence-corrected chi connectivity index (χ0v) is 11.9. The summed E-state index contributed by atoms with van der Waals surface area (Å²) >= 11 is 0. The predicted octanol–water partition coefficient (Wildman–Crippen LogP) is 1.81. The van der Waals surface area contributed by atoms with Crippen molar-refractivity contribution < 1.29 is 9.32 Å². The number of amides is 1. The smallest absolute Gasteiger partial charge is 0.236 e. The third-order valence-corrected chi connectivity index (χ3v) is 3.20. The Balaban J connectivity index is 2.56. The second-order valence-electron chi connectivity index (χ2n) is 4.41. The van der Waals surface area contributed by atoms with Crippen molar-refractivity contribution in [1.82, 2.24) is 15.4 Å². The van der Waals surface area contributed by atoms with Crippen LogP contribution in [0.4, 0.5) is 0 Å². The van der Waals surface area contributed by atoms with Crippen LogP contribution in [-0.4, -0.2) is 35.6 Å². The molecule has 0 aromatic carbocycles. The van der Waals surface area contributed by atoms with Crippen molar-refractivity contribution in [3.63, 3.8) is 0 Å². The van der Waals surface area contributed by atoms with Gasteiger partial charge in [0, 0.05) is 24.7 Å². The third kappa shape index (κ3) is 3.32. The molecule has 0 radical (unpaired) electrons. The standard InChI is InChI=1S/C13H23N3O2/c1-6-16(7-2)12(17)8-14-9(3)13-10(4)15-18-11(13)5/h9,14H,6-8H2,1-5H3. The highest BCUT2D eigenvalue weighted by Crippen LogP contribution is 2.20. The summed E-state index contributed by atoms with van der Waals surface area (Å²) in [5, 5.41) is 7.15. The lowest BCUT2D eigenvalue weighted by Crippen LogP contribution is -2.38. The lowest BCUT2D eigenvalue weighted by Gasteiger charge is -2.20. The monoisotopic (exact) mass is 253 g/mol. The summed E-state index contributed by atoms with van der Waals surface area (Å²) in [6.45, 7) is 11.6. The SMILES string of the molecule is CCN(CC)C(=O)CNC(C)c1c(C)noc1C. The molecule has 0 saturated heterocycles. The first-order chi connectivity index (χ1) is 8.51. The quantitative estimate of drug-likeness (QED) is 0.840. The molecule has 0 saturated carbocycles. The van der Waals surface area contributed by atoms with Crippen LogP contribution in [0.1, 0.15) is 43.8 Å². The largest absolute Gasteiger partial charge is 0.361 e. The Morgan fingerprint density at radius 3 is 2.44 bits per heavy atom. The van der Waals surface area contributed by atoms with E-state index in [0.717, 1.165) is 30.1 Å². The van der Waals surface area contributed by atoms with Gasteiger partial charge in [0.1, 0.15) is 5.76 Å². The molecule has 0 aliphatic rings. The minimum atomic E-state index is 0.0655. The molecule has 1 heterocycles. The summed E-state index contributed by atoms with van der Waals surface area (Å²) in [4.78, 5) is 13.7. The van der Waals surface area contributed by atoms with Gasteiger partial charge in [-0.05, 0) is 34.6 Å². The fourth-order valence-electron chi connectivity index (χ4n) is 2.14. The number of rotatable bonds is 6. The van der Waals surface area contributed by atoms with Gasteiger partial charge in [-0.1, -0.05) is 5.16 Å². The summed E-state index contributed by atoms with van der Waals surface area (Å²) in [7, 11) is 0. The van der Waals surface area contributed by atoms with Crippen molar-refractivity contribution in [1.29, 1.82) is 0 Å². The fourth-order valence-corrected chi connectivity index (χ4v) is 2.14. The predicted molar refractivity (Wildman–Crippen MR) is 70.3 cm³/mol. The molecule has 0 fully saturated rings. The van der Waals surface area contributed by atoms with Crippen LogP contribution in [0, 0.1) is 13.8 Å². The van der Waals surface area contributed by atoms with Crippen LogP contribution < -0.4 is 5.32 Å². The summed E-state index contributed by atoms with van der Waals surface area (Å²) < 4.78 is 5.13. The minimum Gasteiger partial charge on any atom is -0.361 e. The topological polar surface area (TPSA) is 58.4 Å². The van der Waals surface area contributed by atoms with Crippen molar-refractivity contribution in [2.45, 2.75) is 40.7 Å². The molecular formula is C13H23N3O2. The van der Waals surface area contributed by atoms with Gasteiger partial charge in [0.25, 0.3) is 0 Å². The van der Waals surface area contributed by atoms with Crippen LogP contribution in [0.3, 0.4) is 0 Å². The van der Waals surface area contributed by atoms with E-state index in [1.54, 1.807) is 0 Å². The van der Waals surface area contributed by atoms with Crippen molar-refractivity contribution in [3.05, 3.63) is 17.0 Å². The minimum absolute atomic E-state index is 0.0655. The van der Waals surface area contributed by atoms with Gasteiger partial charge in [-0.3, -0.25) is 4.79 Å². The number of nitrogens with zero attached hydrogens (tertiary/aromatic N) is 2. The Labute approximate surface area is 109 Å².